The molecule has 2 aromatic rings. The maximum absolute atomic E-state index is 14.4. The molecule has 3 rings (SSSR count). The van der Waals surface area contributed by atoms with Crippen molar-refractivity contribution in [3.05, 3.63) is 47.3 Å². The van der Waals surface area contributed by atoms with Crippen LogP contribution < -0.4 is 4.74 Å². The largest absolute Gasteiger partial charge is 0.494 e. The summed E-state index contributed by atoms with van der Waals surface area (Å²) in [5.74, 6) is -2.12. The average Bonchev–Trinajstić information content (AvgIpc) is 2.63. The van der Waals surface area contributed by atoms with E-state index in [0.29, 0.717) is 22.8 Å². The fourth-order valence-electron chi connectivity index (χ4n) is 3.93. The molecule has 0 aromatic heterocycles. The first-order chi connectivity index (χ1) is 12.1. The fourth-order valence-corrected chi connectivity index (χ4v) is 3.93. The molecule has 0 amide bonds. The summed E-state index contributed by atoms with van der Waals surface area (Å²) < 4.78 is 47.5. The standard InChI is InChI=1S/C21H23F3O/c1-3-13-6-4-5-7-14(13)8-9-15-12-17(22)20(23)19-16(15)10-11-18(25-2)21(19)24/h8-14H,3-7H2,1-2H3/b9-8+. The second-order valence-corrected chi connectivity index (χ2v) is 6.74. The van der Waals surface area contributed by atoms with Crippen molar-refractivity contribution in [2.75, 3.05) is 7.11 Å². The van der Waals surface area contributed by atoms with E-state index in [1.165, 1.54) is 32.4 Å². The molecule has 1 fully saturated rings. The first-order valence-corrected chi connectivity index (χ1v) is 8.89. The molecule has 2 unspecified atom stereocenters. The second kappa shape index (κ2) is 7.51. The summed E-state index contributed by atoms with van der Waals surface area (Å²) in [5, 5.41) is 0.00648. The highest BCUT2D eigenvalue weighted by Crippen LogP contribution is 2.35. The van der Waals surface area contributed by atoms with Crippen LogP contribution in [0.4, 0.5) is 13.2 Å². The lowest BCUT2D eigenvalue weighted by atomic mass is 9.77. The molecule has 0 radical (unpaired) electrons. The number of methoxy groups -OCH3 is 1. The van der Waals surface area contributed by atoms with Gasteiger partial charge in [0.05, 0.1) is 12.5 Å². The average molecular weight is 348 g/mol. The smallest absolute Gasteiger partial charge is 0.175 e. The summed E-state index contributed by atoms with van der Waals surface area (Å²) in [6.07, 6.45) is 9.77. The maximum Gasteiger partial charge on any atom is 0.175 e. The van der Waals surface area contributed by atoms with Gasteiger partial charge in [0.2, 0.25) is 0 Å². The third-order valence-corrected chi connectivity index (χ3v) is 5.36. The van der Waals surface area contributed by atoms with E-state index in [4.69, 9.17) is 4.74 Å². The van der Waals surface area contributed by atoms with Gasteiger partial charge >= 0.3 is 0 Å². The van der Waals surface area contributed by atoms with Gasteiger partial charge in [0.25, 0.3) is 0 Å². The van der Waals surface area contributed by atoms with Crippen molar-refractivity contribution in [3.63, 3.8) is 0 Å². The van der Waals surface area contributed by atoms with Crippen LogP contribution in [0.2, 0.25) is 0 Å². The Morgan fingerprint density at radius 1 is 1.12 bits per heavy atom. The molecule has 0 bridgehead atoms. The zero-order chi connectivity index (χ0) is 18.0. The van der Waals surface area contributed by atoms with Gasteiger partial charge < -0.3 is 4.74 Å². The number of halogens is 3. The fraction of sp³-hybridized carbons (Fsp3) is 0.429. The van der Waals surface area contributed by atoms with Crippen LogP contribution in [0.1, 0.15) is 44.6 Å². The van der Waals surface area contributed by atoms with Crippen LogP contribution in [0.5, 0.6) is 5.75 Å². The van der Waals surface area contributed by atoms with Gasteiger partial charge in [-0.2, -0.15) is 0 Å². The van der Waals surface area contributed by atoms with Crippen LogP contribution in [0.15, 0.2) is 24.3 Å². The van der Waals surface area contributed by atoms with Crippen LogP contribution in [0.3, 0.4) is 0 Å². The van der Waals surface area contributed by atoms with Gasteiger partial charge in [-0.3, -0.25) is 0 Å². The van der Waals surface area contributed by atoms with Gasteiger partial charge in [0.15, 0.2) is 23.2 Å². The summed E-state index contributed by atoms with van der Waals surface area (Å²) in [7, 11) is 1.30. The molecule has 1 saturated carbocycles. The van der Waals surface area contributed by atoms with Gasteiger partial charge in [-0.15, -0.1) is 0 Å². The van der Waals surface area contributed by atoms with Crippen LogP contribution >= 0.6 is 0 Å². The van der Waals surface area contributed by atoms with Gasteiger partial charge in [0.1, 0.15) is 0 Å². The number of hydrogen-bond acceptors (Lipinski definition) is 1. The monoisotopic (exact) mass is 348 g/mol. The lowest BCUT2D eigenvalue weighted by Gasteiger charge is -2.28. The number of ether oxygens (including phenoxy) is 1. The predicted molar refractivity (Wildman–Crippen MR) is 95.1 cm³/mol. The van der Waals surface area contributed by atoms with E-state index in [9.17, 15) is 13.2 Å². The van der Waals surface area contributed by atoms with E-state index in [1.54, 1.807) is 6.07 Å². The SMILES string of the molecule is CCC1CCCCC1/C=C/c1cc(F)c(F)c2c(F)c(OC)ccc12. The lowest BCUT2D eigenvalue weighted by Crippen LogP contribution is -2.16. The van der Waals surface area contributed by atoms with Gasteiger partial charge in [-0.25, -0.2) is 13.2 Å². The highest BCUT2D eigenvalue weighted by atomic mass is 19.2. The van der Waals surface area contributed by atoms with Crippen molar-refractivity contribution in [1.29, 1.82) is 0 Å². The Bertz CT molecular complexity index is 798. The van der Waals surface area contributed by atoms with Crippen molar-refractivity contribution < 1.29 is 17.9 Å². The van der Waals surface area contributed by atoms with Crippen molar-refractivity contribution in [2.45, 2.75) is 39.0 Å². The Balaban J connectivity index is 2.06. The lowest BCUT2D eigenvalue weighted by molar-refractivity contribution is 0.277. The molecule has 0 spiro atoms. The first kappa shape index (κ1) is 17.8. The molecule has 0 saturated heterocycles. The molecule has 134 valence electrons. The molecule has 1 aliphatic carbocycles. The molecular weight excluding hydrogens is 325 g/mol. The molecule has 25 heavy (non-hydrogen) atoms. The first-order valence-electron chi connectivity index (χ1n) is 8.89. The van der Waals surface area contributed by atoms with E-state index in [0.717, 1.165) is 18.9 Å². The van der Waals surface area contributed by atoms with Crippen LogP contribution in [0, 0.1) is 29.3 Å². The Hall–Kier alpha value is -1.97. The predicted octanol–water partition coefficient (Wildman–Crippen LogP) is 6.50. The van der Waals surface area contributed by atoms with Gasteiger partial charge in [-0.1, -0.05) is 38.3 Å². The molecule has 1 nitrogen and oxygen atoms in total. The van der Waals surface area contributed by atoms with E-state index in [-0.39, 0.29) is 11.1 Å². The Kier molecular flexibility index (Phi) is 5.36. The minimum Gasteiger partial charge on any atom is -0.494 e. The summed E-state index contributed by atoms with van der Waals surface area (Å²) in [6, 6.07) is 4.17. The van der Waals surface area contributed by atoms with E-state index < -0.39 is 17.5 Å². The Labute approximate surface area is 146 Å². The van der Waals surface area contributed by atoms with E-state index in [1.807, 2.05) is 6.08 Å². The number of fused-ring (bicyclic) bond motifs is 1. The molecule has 4 heteroatoms. The van der Waals surface area contributed by atoms with Gasteiger partial charge in [0, 0.05) is 0 Å². The molecule has 0 aliphatic heterocycles. The zero-order valence-corrected chi connectivity index (χ0v) is 14.6. The summed E-state index contributed by atoms with van der Waals surface area (Å²) >= 11 is 0. The molecule has 0 heterocycles. The van der Waals surface area contributed by atoms with Crippen molar-refractivity contribution in [1.82, 2.24) is 0 Å². The quantitative estimate of drug-likeness (QED) is 0.613. The summed E-state index contributed by atoms with van der Waals surface area (Å²) in [5.41, 5.74) is 0.496. The Morgan fingerprint density at radius 2 is 1.88 bits per heavy atom. The molecular formula is C21H23F3O. The van der Waals surface area contributed by atoms with Crippen molar-refractivity contribution in [2.24, 2.45) is 11.8 Å². The number of benzene rings is 2. The molecule has 0 N–H and O–H groups in total. The summed E-state index contributed by atoms with van der Waals surface area (Å²) in [6.45, 7) is 2.19. The topological polar surface area (TPSA) is 9.23 Å². The second-order valence-electron chi connectivity index (χ2n) is 6.74. The molecule has 2 aromatic carbocycles. The highest BCUT2D eigenvalue weighted by molar-refractivity contribution is 5.92. The van der Waals surface area contributed by atoms with Gasteiger partial charge in [-0.05, 0) is 53.8 Å². The Morgan fingerprint density at radius 3 is 2.60 bits per heavy atom. The van der Waals surface area contributed by atoms with Crippen LogP contribution in [0.25, 0.3) is 16.8 Å². The third kappa shape index (κ3) is 3.39. The summed E-state index contributed by atoms with van der Waals surface area (Å²) in [4.78, 5) is 0. The normalized spacial score (nSPS) is 21.2. The zero-order valence-electron chi connectivity index (χ0n) is 14.6. The van der Waals surface area contributed by atoms with Crippen LogP contribution in [-0.4, -0.2) is 7.11 Å². The van der Waals surface area contributed by atoms with Crippen molar-refractivity contribution in [3.8, 4) is 5.75 Å². The number of rotatable bonds is 4. The highest BCUT2D eigenvalue weighted by Gasteiger charge is 2.22. The van der Waals surface area contributed by atoms with E-state index in [2.05, 4.69) is 13.0 Å². The van der Waals surface area contributed by atoms with Crippen LogP contribution in [-0.2, 0) is 0 Å². The number of hydrogen-bond donors (Lipinski definition) is 0. The molecule has 2 atom stereocenters. The third-order valence-electron chi connectivity index (χ3n) is 5.36. The minimum absolute atomic E-state index is 0.0924. The molecule has 1 aliphatic rings. The van der Waals surface area contributed by atoms with Crippen molar-refractivity contribution >= 4 is 16.8 Å². The maximum atomic E-state index is 14.4. The van der Waals surface area contributed by atoms with E-state index >= 15 is 0 Å². The minimum atomic E-state index is -1.17. The number of allylic oxidation sites excluding steroid dienone is 1.